The Bertz CT molecular complexity index is 426. The van der Waals surface area contributed by atoms with Crippen LogP contribution in [0.2, 0.25) is 0 Å². The topological polar surface area (TPSA) is 50.4 Å². The molecule has 18 heavy (non-hydrogen) atoms. The number of piperidine rings is 1. The SMILES string of the molecule is COc1cccc(C(=O)NC2(C)CCNCC2)c1. The molecule has 1 fully saturated rings. The smallest absolute Gasteiger partial charge is 0.251 e. The number of carbonyl (C=O) groups excluding carboxylic acids is 1. The van der Waals surface area contributed by atoms with Crippen LogP contribution in [-0.4, -0.2) is 31.6 Å². The van der Waals surface area contributed by atoms with Crippen LogP contribution in [0.4, 0.5) is 0 Å². The molecule has 4 heteroatoms. The van der Waals surface area contributed by atoms with Gasteiger partial charge in [-0.05, 0) is 51.1 Å². The number of benzene rings is 1. The Morgan fingerprint density at radius 1 is 1.39 bits per heavy atom. The second-order valence-electron chi connectivity index (χ2n) is 5.00. The van der Waals surface area contributed by atoms with Crippen molar-refractivity contribution in [2.75, 3.05) is 20.2 Å². The number of ether oxygens (including phenoxy) is 1. The molecule has 1 aromatic carbocycles. The van der Waals surface area contributed by atoms with Crippen LogP contribution in [0.5, 0.6) is 5.75 Å². The highest BCUT2D eigenvalue weighted by Crippen LogP contribution is 2.19. The molecule has 98 valence electrons. The van der Waals surface area contributed by atoms with Crippen LogP contribution in [0, 0.1) is 0 Å². The fourth-order valence-electron chi connectivity index (χ4n) is 2.21. The highest BCUT2D eigenvalue weighted by Gasteiger charge is 2.28. The maximum atomic E-state index is 12.2. The summed E-state index contributed by atoms with van der Waals surface area (Å²) in [7, 11) is 1.60. The Balaban J connectivity index is 2.06. The van der Waals surface area contributed by atoms with E-state index < -0.39 is 0 Å². The molecule has 0 unspecified atom stereocenters. The molecule has 1 amide bonds. The Kier molecular flexibility index (Phi) is 3.87. The van der Waals surface area contributed by atoms with Gasteiger partial charge in [-0.1, -0.05) is 6.07 Å². The number of hydrogen-bond donors (Lipinski definition) is 2. The second kappa shape index (κ2) is 5.40. The van der Waals surface area contributed by atoms with Crippen LogP contribution in [0.3, 0.4) is 0 Å². The maximum absolute atomic E-state index is 12.2. The third-order valence-corrected chi connectivity index (χ3v) is 3.45. The summed E-state index contributed by atoms with van der Waals surface area (Å²) in [4.78, 5) is 12.2. The van der Waals surface area contributed by atoms with Crippen molar-refractivity contribution in [2.24, 2.45) is 0 Å². The summed E-state index contributed by atoms with van der Waals surface area (Å²) in [6.07, 6.45) is 1.92. The van der Waals surface area contributed by atoms with Gasteiger partial charge in [0.1, 0.15) is 5.75 Å². The molecule has 0 aliphatic carbocycles. The van der Waals surface area contributed by atoms with E-state index in [1.807, 2.05) is 18.2 Å². The van der Waals surface area contributed by atoms with Crippen molar-refractivity contribution in [3.63, 3.8) is 0 Å². The lowest BCUT2D eigenvalue weighted by Gasteiger charge is -2.35. The average molecular weight is 248 g/mol. The van der Waals surface area contributed by atoms with Crippen LogP contribution in [-0.2, 0) is 0 Å². The standard InChI is InChI=1S/C14H20N2O2/c1-14(6-8-15-9-7-14)16-13(17)11-4-3-5-12(10-11)18-2/h3-5,10,15H,6-9H2,1-2H3,(H,16,17). The summed E-state index contributed by atoms with van der Waals surface area (Å²) in [5, 5.41) is 6.43. The van der Waals surface area contributed by atoms with E-state index in [9.17, 15) is 4.79 Å². The van der Waals surface area contributed by atoms with E-state index in [1.54, 1.807) is 13.2 Å². The lowest BCUT2D eigenvalue weighted by atomic mass is 9.90. The maximum Gasteiger partial charge on any atom is 0.251 e. The fraction of sp³-hybridized carbons (Fsp3) is 0.500. The van der Waals surface area contributed by atoms with E-state index >= 15 is 0 Å². The number of amides is 1. The third-order valence-electron chi connectivity index (χ3n) is 3.45. The van der Waals surface area contributed by atoms with Gasteiger partial charge in [0, 0.05) is 11.1 Å². The van der Waals surface area contributed by atoms with Gasteiger partial charge in [-0.15, -0.1) is 0 Å². The van der Waals surface area contributed by atoms with Gasteiger partial charge in [0.2, 0.25) is 0 Å². The van der Waals surface area contributed by atoms with E-state index in [2.05, 4.69) is 17.6 Å². The molecular formula is C14H20N2O2. The molecule has 0 bridgehead atoms. The van der Waals surface area contributed by atoms with Crippen molar-refractivity contribution >= 4 is 5.91 Å². The van der Waals surface area contributed by atoms with Gasteiger partial charge in [0.05, 0.1) is 7.11 Å². The monoisotopic (exact) mass is 248 g/mol. The zero-order valence-corrected chi connectivity index (χ0v) is 11.0. The van der Waals surface area contributed by atoms with Crippen molar-refractivity contribution in [3.8, 4) is 5.75 Å². The van der Waals surface area contributed by atoms with Gasteiger partial charge in [-0.25, -0.2) is 0 Å². The van der Waals surface area contributed by atoms with E-state index in [4.69, 9.17) is 4.74 Å². The van der Waals surface area contributed by atoms with Gasteiger partial charge in [0.15, 0.2) is 0 Å². The lowest BCUT2D eigenvalue weighted by molar-refractivity contribution is 0.0887. The first-order valence-corrected chi connectivity index (χ1v) is 6.30. The van der Waals surface area contributed by atoms with Crippen molar-refractivity contribution in [2.45, 2.75) is 25.3 Å². The van der Waals surface area contributed by atoms with Gasteiger partial charge in [-0.2, -0.15) is 0 Å². The van der Waals surface area contributed by atoms with E-state index in [-0.39, 0.29) is 11.4 Å². The Hall–Kier alpha value is -1.55. The van der Waals surface area contributed by atoms with Crippen LogP contribution >= 0.6 is 0 Å². The molecule has 1 aliphatic rings. The first kappa shape index (κ1) is 12.9. The quantitative estimate of drug-likeness (QED) is 0.853. The molecule has 1 heterocycles. The predicted octanol–water partition coefficient (Wildman–Crippen LogP) is 1.57. The van der Waals surface area contributed by atoms with E-state index in [1.165, 1.54) is 0 Å². The van der Waals surface area contributed by atoms with Crippen molar-refractivity contribution in [1.29, 1.82) is 0 Å². The molecular weight excluding hydrogens is 228 g/mol. The van der Waals surface area contributed by atoms with Gasteiger partial charge < -0.3 is 15.4 Å². The largest absolute Gasteiger partial charge is 0.497 e. The molecule has 4 nitrogen and oxygen atoms in total. The van der Waals surface area contributed by atoms with Crippen molar-refractivity contribution in [1.82, 2.24) is 10.6 Å². The molecule has 2 N–H and O–H groups in total. The van der Waals surface area contributed by atoms with Gasteiger partial charge >= 0.3 is 0 Å². The van der Waals surface area contributed by atoms with E-state index in [0.717, 1.165) is 25.9 Å². The second-order valence-corrected chi connectivity index (χ2v) is 5.00. The molecule has 0 saturated carbocycles. The normalized spacial score (nSPS) is 18.1. The predicted molar refractivity (Wildman–Crippen MR) is 71.0 cm³/mol. The van der Waals surface area contributed by atoms with E-state index in [0.29, 0.717) is 11.3 Å². The van der Waals surface area contributed by atoms with Crippen LogP contribution < -0.4 is 15.4 Å². The molecule has 1 aromatic rings. The highest BCUT2D eigenvalue weighted by molar-refractivity contribution is 5.95. The Labute approximate surface area is 108 Å². The minimum absolute atomic E-state index is 0.0294. The average Bonchev–Trinajstić information content (AvgIpc) is 2.39. The third kappa shape index (κ3) is 3.01. The van der Waals surface area contributed by atoms with Crippen molar-refractivity contribution < 1.29 is 9.53 Å². The highest BCUT2D eigenvalue weighted by atomic mass is 16.5. The minimum atomic E-state index is -0.106. The molecule has 1 aliphatic heterocycles. The summed E-state index contributed by atoms with van der Waals surface area (Å²) < 4.78 is 5.13. The number of nitrogens with one attached hydrogen (secondary N) is 2. The minimum Gasteiger partial charge on any atom is -0.497 e. The van der Waals surface area contributed by atoms with Crippen LogP contribution in [0.25, 0.3) is 0 Å². The Morgan fingerprint density at radius 2 is 2.11 bits per heavy atom. The zero-order valence-electron chi connectivity index (χ0n) is 11.0. The number of hydrogen-bond acceptors (Lipinski definition) is 3. The molecule has 1 saturated heterocycles. The summed E-state index contributed by atoms with van der Waals surface area (Å²) >= 11 is 0. The number of rotatable bonds is 3. The fourth-order valence-corrected chi connectivity index (χ4v) is 2.21. The first-order chi connectivity index (χ1) is 8.63. The first-order valence-electron chi connectivity index (χ1n) is 6.30. The summed E-state index contributed by atoms with van der Waals surface area (Å²) in [5.41, 5.74) is 0.542. The molecule has 0 radical (unpaired) electrons. The Morgan fingerprint density at radius 3 is 2.78 bits per heavy atom. The summed E-state index contributed by atoms with van der Waals surface area (Å²) in [6.45, 7) is 4.01. The van der Waals surface area contributed by atoms with Crippen molar-refractivity contribution in [3.05, 3.63) is 29.8 Å². The summed E-state index contributed by atoms with van der Waals surface area (Å²) in [5.74, 6) is 0.677. The molecule has 0 atom stereocenters. The number of methoxy groups -OCH3 is 1. The molecule has 0 aromatic heterocycles. The number of carbonyl (C=O) groups is 1. The molecule has 0 spiro atoms. The lowest BCUT2D eigenvalue weighted by Crippen LogP contribution is -2.52. The van der Waals surface area contributed by atoms with Crippen LogP contribution in [0.1, 0.15) is 30.1 Å². The molecule has 2 rings (SSSR count). The summed E-state index contributed by atoms with van der Waals surface area (Å²) in [6, 6.07) is 7.24. The zero-order chi connectivity index (χ0) is 13.0. The van der Waals surface area contributed by atoms with Gasteiger partial charge in [0.25, 0.3) is 5.91 Å². The van der Waals surface area contributed by atoms with Crippen LogP contribution in [0.15, 0.2) is 24.3 Å². The van der Waals surface area contributed by atoms with Gasteiger partial charge in [-0.3, -0.25) is 4.79 Å².